The van der Waals surface area contributed by atoms with E-state index in [-0.39, 0.29) is 11.8 Å². The summed E-state index contributed by atoms with van der Waals surface area (Å²) < 4.78 is 0. The number of rotatable bonds is 6. The van der Waals surface area contributed by atoms with Crippen molar-refractivity contribution in [1.82, 2.24) is 9.88 Å². The zero-order valence-corrected chi connectivity index (χ0v) is 16.8. The third-order valence-electron chi connectivity index (χ3n) is 5.96. The van der Waals surface area contributed by atoms with Crippen LogP contribution in [0, 0.1) is 5.41 Å². The van der Waals surface area contributed by atoms with E-state index in [2.05, 4.69) is 4.98 Å². The first kappa shape index (κ1) is 19.8. The molecule has 2 aromatic carbocycles. The van der Waals surface area contributed by atoms with E-state index < -0.39 is 5.41 Å². The van der Waals surface area contributed by atoms with E-state index in [1.54, 1.807) is 17.3 Å². The summed E-state index contributed by atoms with van der Waals surface area (Å²) in [6, 6.07) is 21.6. The van der Waals surface area contributed by atoms with Crippen molar-refractivity contribution >= 4 is 11.8 Å². The van der Waals surface area contributed by atoms with Crippen LogP contribution < -0.4 is 5.73 Å². The standard InChI is InChI=1S/C25H25N3O2/c26-24(30)25(12-15-28(18-25)23(29)16-19-6-2-1-3-7-19)17-21-8-4-5-9-22(21)20-10-13-27-14-11-20/h1-11,13-14H,12,15-18H2,(H2,26,30)/t25-/m0/s1. The summed E-state index contributed by atoms with van der Waals surface area (Å²) in [7, 11) is 0. The molecule has 5 heteroatoms. The lowest BCUT2D eigenvalue weighted by Gasteiger charge is -2.27. The van der Waals surface area contributed by atoms with Crippen LogP contribution in [-0.2, 0) is 22.4 Å². The van der Waals surface area contributed by atoms with E-state index in [9.17, 15) is 9.59 Å². The second-order valence-electron chi connectivity index (χ2n) is 7.94. The van der Waals surface area contributed by atoms with Gasteiger partial charge in [0.25, 0.3) is 0 Å². The molecular weight excluding hydrogens is 374 g/mol. The molecule has 1 aliphatic rings. The van der Waals surface area contributed by atoms with E-state index in [1.165, 1.54) is 0 Å². The molecule has 3 aromatic rings. The summed E-state index contributed by atoms with van der Waals surface area (Å²) in [6.45, 7) is 0.907. The number of pyridine rings is 1. The maximum Gasteiger partial charge on any atom is 0.227 e. The van der Waals surface area contributed by atoms with Gasteiger partial charge >= 0.3 is 0 Å². The fraction of sp³-hybridized carbons (Fsp3) is 0.240. The predicted molar refractivity (Wildman–Crippen MR) is 116 cm³/mol. The molecule has 1 atom stereocenters. The molecule has 0 unspecified atom stereocenters. The molecular formula is C25H25N3O2. The Morgan fingerprint density at radius 2 is 1.67 bits per heavy atom. The monoisotopic (exact) mass is 399 g/mol. The Balaban J connectivity index is 1.56. The number of likely N-dealkylation sites (tertiary alicyclic amines) is 1. The molecule has 0 radical (unpaired) electrons. The molecule has 1 aliphatic heterocycles. The fourth-order valence-electron chi connectivity index (χ4n) is 4.25. The van der Waals surface area contributed by atoms with E-state index >= 15 is 0 Å². The van der Waals surface area contributed by atoms with Crippen molar-refractivity contribution in [2.75, 3.05) is 13.1 Å². The molecule has 30 heavy (non-hydrogen) atoms. The third kappa shape index (κ3) is 4.10. The van der Waals surface area contributed by atoms with Gasteiger partial charge in [0.1, 0.15) is 0 Å². The lowest BCUT2D eigenvalue weighted by atomic mass is 9.78. The minimum Gasteiger partial charge on any atom is -0.369 e. The summed E-state index contributed by atoms with van der Waals surface area (Å²) >= 11 is 0. The smallest absolute Gasteiger partial charge is 0.227 e. The number of carbonyl (C=O) groups is 2. The SMILES string of the molecule is NC(=O)[C@]1(Cc2ccccc2-c2ccncc2)CCN(C(=O)Cc2ccccc2)C1. The molecule has 0 spiro atoms. The van der Waals surface area contributed by atoms with Crippen molar-refractivity contribution in [2.24, 2.45) is 11.1 Å². The van der Waals surface area contributed by atoms with Crippen LogP contribution in [-0.4, -0.2) is 34.8 Å². The van der Waals surface area contributed by atoms with Crippen molar-refractivity contribution in [3.63, 3.8) is 0 Å². The number of amides is 2. The van der Waals surface area contributed by atoms with Crippen LogP contribution in [0.1, 0.15) is 17.5 Å². The number of nitrogens with two attached hydrogens (primary N) is 1. The first-order valence-corrected chi connectivity index (χ1v) is 10.2. The normalized spacial score (nSPS) is 18.3. The highest BCUT2D eigenvalue weighted by Gasteiger charge is 2.45. The molecule has 1 fully saturated rings. The van der Waals surface area contributed by atoms with Gasteiger partial charge in [0, 0.05) is 25.5 Å². The number of carbonyl (C=O) groups excluding carboxylic acids is 2. The third-order valence-corrected chi connectivity index (χ3v) is 5.96. The average Bonchev–Trinajstić information content (AvgIpc) is 3.21. The highest BCUT2D eigenvalue weighted by Crippen LogP contribution is 2.37. The number of benzene rings is 2. The maximum atomic E-state index is 12.8. The second kappa shape index (κ2) is 8.49. The lowest BCUT2D eigenvalue weighted by Crippen LogP contribution is -2.42. The van der Waals surface area contributed by atoms with Crippen molar-refractivity contribution in [3.05, 3.63) is 90.3 Å². The molecule has 0 aliphatic carbocycles. The van der Waals surface area contributed by atoms with Crippen LogP contribution in [0.25, 0.3) is 11.1 Å². The van der Waals surface area contributed by atoms with Crippen molar-refractivity contribution < 1.29 is 9.59 Å². The van der Waals surface area contributed by atoms with Crippen LogP contribution in [0.5, 0.6) is 0 Å². The number of hydrogen-bond acceptors (Lipinski definition) is 3. The van der Waals surface area contributed by atoms with E-state index in [4.69, 9.17) is 5.73 Å². The zero-order valence-electron chi connectivity index (χ0n) is 16.8. The summed E-state index contributed by atoms with van der Waals surface area (Å²) in [5, 5.41) is 0. The van der Waals surface area contributed by atoms with Gasteiger partial charge in [-0.05, 0) is 47.2 Å². The van der Waals surface area contributed by atoms with Gasteiger partial charge in [-0.25, -0.2) is 0 Å². The Morgan fingerprint density at radius 1 is 0.967 bits per heavy atom. The van der Waals surface area contributed by atoms with E-state index in [0.717, 1.165) is 22.3 Å². The number of hydrogen-bond donors (Lipinski definition) is 1. The zero-order chi connectivity index (χ0) is 21.0. The van der Waals surface area contributed by atoms with Gasteiger partial charge in [0.15, 0.2) is 0 Å². The van der Waals surface area contributed by atoms with Gasteiger partial charge in [-0.1, -0.05) is 54.6 Å². The van der Waals surface area contributed by atoms with Crippen molar-refractivity contribution in [2.45, 2.75) is 19.3 Å². The molecule has 0 saturated carbocycles. The predicted octanol–water partition coefficient (Wildman–Crippen LogP) is 3.24. The van der Waals surface area contributed by atoms with Crippen LogP contribution >= 0.6 is 0 Å². The highest BCUT2D eigenvalue weighted by atomic mass is 16.2. The molecule has 1 aromatic heterocycles. The minimum absolute atomic E-state index is 0.0340. The molecule has 2 N–H and O–H groups in total. The summed E-state index contributed by atoms with van der Waals surface area (Å²) in [5.41, 5.74) is 9.29. The first-order valence-electron chi connectivity index (χ1n) is 10.2. The largest absolute Gasteiger partial charge is 0.369 e. The molecule has 5 nitrogen and oxygen atoms in total. The van der Waals surface area contributed by atoms with Gasteiger partial charge in [0.05, 0.1) is 11.8 Å². The highest BCUT2D eigenvalue weighted by molar-refractivity contribution is 5.85. The Bertz CT molecular complexity index is 1040. The van der Waals surface area contributed by atoms with Gasteiger partial charge in [-0.3, -0.25) is 14.6 Å². The molecule has 0 bridgehead atoms. The topological polar surface area (TPSA) is 76.3 Å². The van der Waals surface area contributed by atoms with Crippen LogP contribution in [0.15, 0.2) is 79.1 Å². The van der Waals surface area contributed by atoms with E-state index in [1.807, 2.05) is 66.7 Å². The Hall–Kier alpha value is -3.47. The quantitative estimate of drug-likeness (QED) is 0.691. The van der Waals surface area contributed by atoms with Crippen LogP contribution in [0.2, 0.25) is 0 Å². The summed E-state index contributed by atoms with van der Waals surface area (Å²) in [4.78, 5) is 31.3. The van der Waals surface area contributed by atoms with Gasteiger partial charge in [0.2, 0.25) is 11.8 Å². The van der Waals surface area contributed by atoms with Crippen LogP contribution in [0.3, 0.4) is 0 Å². The van der Waals surface area contributed by atoms with Gasteiger partial charge < -0.3 is 10.6 Å². The van der Waals surface area contributed by atoms with Gasteiger partial charge in [-0.2, -0.15) is 0 Å². The van der Waals surface area contributed by atoms with E-state index in [0.29, 0.717) is 32.4 Å². The number of nitrogens with zero attached hydrogens (tertiary/aromatic N) is 2. The fourth-order valence-corrected chi connectivity index (χ4v) is 4.25. The van der Waals surface area contributed by atoms with Crippen molar-refractivity contribution in [1.29, 1.82) is 0 Å². The average molecular weight is 399 g/mol. The summed E-state index contributed by atoms with van der Waals surface area (Å²) in [5.74, 6) is -0.311. The number of aromatic nitrogens is 1. The van der Waals surface area contributed by atoms with Crippen LogP contribution in [0.4, 0.5) is 0 Å². The second-order valence-corrected chi connectivity index (χ2v) is 7.94. The van der Waals surface area contributed by atoms with Gasteiger partial charge in [-0.15, -0.1) is 0 Å². The minimum atomic E-state index is -0.754. The maximum absolute atomic E-state index is 12.8. The molecule has 4 rings (SSSR count). The Labute approximate surface area is 176 Å². The Morgan fingerprint density at radius 3 is 2.40 bits per heavy atom. The lowest BCUT2D eigenvalue weighted by molar-refractivity contribution is -0.131. The first-order chi connectivity index (χ1) is 14.6. The molecule has 2 heterocycles. The van der Waals surface area contributed by atoms with Crippen molar-refractivity contribution in [3.8, 4) is 11.1 Å². The molecule has 2 amide bonds. The molecule has 1 saturated heterocycles. The number of primary amides is 1. The summed E-state index contributed by atoms with van der Waals surface area (Å²) in [6.07, 6.45) is 4.94. The molecule has 152 valence electrons. The Kier molecular flexibility index (Phi) is 5.61.